The standard InChI is InChI=1S/C12H22O8/c1-3-6-7(14)4-12(19-2,11(17)18)20-10(6)9(16)8(15)5-13/h6-10,13-16H,3-5H2,1-2H3,(H,17,18)/t6-,7-,8-,9-,10?,12-/m1/s1. The van der Waals surface area contributed by atoms with Gasteiger partial charge in [-0.05, 0) is 6.42 Å². The molecule has 1 rings (SSSR count). The van der Waals surface area contributed by atoms with Crippen LogP contribution in [0.25, 0.3) is 0 Å². The number of ether oxygens (including phenoxy) is 2. The van der Waals surface area contributed by atoms with E-state index in [1.807, 2.05) is 0 Å². The van der Waals surface area contributed by atoms with Crippen LogP contribution in [0.15, 0.2) is 0 Å². The van der Waals surface area contributed by atoms with E-state index < -0.39 is 48.7 Å². The Balaban J connectivity index is 3.06. The lowest BCUT2D eigenvalue weighted by Crippen LogP contribution is -2.61. The van der Waals surface area contributed by atoms with Gasteiger partial charge in [0.2, 0.25) is 0 Å². The molecule has 1 fully saturated rings. The summed E-state index contributed by atoms with van der Waals surface area (Å²) in [6.45, 7) is 1.03. The van der Waals surface area contributed by atoms with Gasteiger partial charge in [0.15, 0.2) is 0 Å². The number of aliphatic carboxylic acids is 1. The summed E-state index contributed by atoms with van der Waals surface area (Å²) in [5.74, 6) is -4.08. The second-order valence-electron chi connectivity index (χ2n) is 4.93. The molecule has 6 atom stereocenters. The Hall–Kier alpha value is -0.770. The molecule has 0 saturated carbocycles. The van der Waals surface area contributed by atoms with Crippen molar-refractivity contribution >= 4 is 5.97 Å². The van der Waals surface area contributed by atoms with Gasteiger partial charge in [0.25, 0.3) is 5.79 Å². The third kappa shape index (κ3) is 3.11. The molecule has 0 spiro atoms. The number of carboxylic acid groups (broad SMARTS) is 1. The molecule has 20 heavy (non-hydrogen) atoms. The van der Waals surface area contributed by atoms with Crippen LogP contribution in [0.1, 0.15) is 19.8 Å². The molecule has 1 unspecified atom stereocenters. The largest absolute Gasteiger partial charge is 0.477 e. The fraction of sp³-hybridized carbons (Fsp3) is 0.917. The highest BCUT2D eigenvalue weighted by Gasteiger charge is 2.54. The van der Waals surface area contributed by atoms with Gasteiger partial charge in [-0.1, -0.05) is 6.92 Å². The van der Waals surface area contributed by atoms with Gasteiger partial charge >= 0.3 is 5.97 Å². The van der Waals surface area contributed by atoms with Crippen LogP contribution in [-0.2, 0) is 14.3 Å². The second-order valence-corrected chi connectivity index (χ2v) is 4.93. The van der Waals surface area contributed by atoms with Crippen molar-refractivity contribution in [1.29, 1.82) is 0 Å². The first-order valence-corrected chi connectivity index (χ1v) is 6.44. The van der Waals surface area contributed by atoms with Crippen molar-refractivity contribution in [1.82, 2.24) is 0 Å². The smallest absolute Gasteiger partial charge is 0.364 e. The number of carbonyl (C=O) groups is 1. The molecule has 5 N–H and O–H groups in total. The van der Waals surface area contributed by atoms with Crippen LogP contribution in [0.5, 0.6) is 0 Å². The SMILES string of the molecule is CC[C@H]1C([C@H](O)[C@H](O)CO)O[C@@](OC)(C(=O)O)C[C@H]1O. The summed E-state index contributed by atoms with van der Waals surface area (Å²) >= 11 is 0. The first kappa shape index (κ1) is 17.3. The average Bonchev–Trinajstić information content (AvgIpc) is 2.44. The Morgan fingerprint density at radius 1 is 1.50 bits per heavy atom. The molecule has 1 saturated heterocycles. The number of carboxylic acids is 1. The summed E-state index contributed by atoms with van der Waals surface area (Å²) < 4.78 is 10.2. The molecule has 1 aliphatic heterocycles. The molecule has 0 radical (unpaired) electrons. The van der Waals surface area contributed by atoms with Crippen LogP contribution in [0, 0.1) is 5.92 Å². The summed E-state index contributed by atoms with van der Waals surface area (Å²) in [6, 6.07) is 0. The Morgan fingerprint density at radius 3 is 2.50 bits per heavy atom. The summed E-state index contributed by atoms with van der Waals surface area (Å²) in [6.07, 6.45) is -5.15. The van der Waals surface area contributed by atoms with Gasteiger partial charge in [-0.2, -0.15) is 0 Å². The van der Waals surface area contributed by atoms with Gasteiger partial charge in [0.05, 0.1) is 18.8 Å². The molecule has 0 aromatic carbocycles. The van der Waals surface area contributed by atoms with E-state index in [4.69, 9.17) is 14.6 Å². The van der Waals surface area contributed by atoms with Crippen molar-refractivity contribution in [2.75, 3.05) is 13.7 Å². The Morgan fingerprint density at radius 2 is 2.10 bits per heavy atom. The van der Waals surface area contributed by atoms with E-state index in [-0.39, 0.29) is 6.42 Å². The third-order valence-electron chi connectivity index (χ3n) is 3.77. The minimum absolute atomic E-state index is 0.282. The molecule has 8 nitrogen and oxygen atoms in total. The maximum Gasteiger partial charge on any atom is 0.364 e. The van der Waals surface area contributed by atoms with Crippen LogP contribution in [-0.4, -0.2) is 75.4 Å². The zero-order valence-electron chi connectivity index (χ0n) is 11.5. The van der Waals surface area contributed by atoms with E-state index in [1.54, 1.807) is 6.92 Å². The highest BCUT2D eigenvalue weighted by Crippen LogP contribution is 2.37. The van der Waals surface area contributed by atoms with E-state index in [1.165, 1.54) is 0 Å². The number of aliphatic hydroxyl groups excluding tert-OH is 4. The zero-order valence-corrected chi connectivity index (χ0v) is 11.5. The van der Waals surface area contributed by atoms with Crippen LogP contribution < -0.4 is 0 Å². The lowest BCUT2D eigenvalue weighted by molar-refractivity contribution is -0.312. The predicted molar refractivity (Wildman–Crippen MR) is 65.8 cm³/mol. The van der Waals surface area contributed by atoms with Crippen molar-refractivity contribution in [2.24, 2.45) is 5.92 Å². The summed E-state index contributed by atoms with van der Waals surface area (Å²) in [7, 11) is 1.12. The van der Waals surface area contributed by atoms with Gasteiger partial charge < -0.3 is 35.0 Å². The topological polar surface area (TPSA) is 137 Å². The fourth-order valence-corrected chi connectivity index (χ4v) is 2.51. The van der Waals surface area contributed by atoms with Crippen LogP contribution in [0.3, 0.4) is 0 Å². The maximum atomic E-state index is 11.3. The minimum atomic E-state index is -2.08. The second kappa shape index (κ2) is 6.79. The van der Waals surface area contributed by atoms with Crippen molar-refractivity contribution in [2.45, 2.75) is 50.0 Å². The van der Waals surface area contributed by atoms with E-state index in [0.717, 1.165) is 7.11 Å². The molecular weight excluding hydrogens is 272 g/mol. The first-order chi connectivity index (χ1) is 9.32. The maximum absolute atomic E-state index is 11.3. The molecule has 1 aliphatic rings. The molecular formula is C12H22O8. The average molecular weight is 294 g/mol. The van der Waals surface area contributed by atoms with Crippen molar-refractivity contribution in [3.63, 3.8) is 0 Å². The number of hydrogen-bond donors (Lipinski definition) is 5. The monoisotopic (exact) mass is 294 g/mol. The highest BCUT2D eigenvalue weighted by atomic mass is 16.7. The van der Waals surface area contributed by atoms with Gasteiger partial charge in [-0.3, -0.25) is 0 Å². The third-order valence-corrected chi connectivity index (χ3v) is 3.77. The van der Waals surface area contributed by atoms with Crippen molar-refractivity contribution in [3.8, 4) is 0 Å². The summed E-state index contributed by atoms with van der Waals surface area (Å²) in [4.78, 5) is 11.3. The van der Waals surface area contributed by atoms with E-state index in [2.05, 4.69) is 0 Å². The Labute approximate surface area is 116 Å². The number of hydrogen-bond acceptors (Lipinski definition) is 7. The predicted octanol–water partition coefficient (Wildman–Crippen LogP) is -1.70. The Kier molecular flexibility index (Phi) is 5.87. The minimum Gasteiger partial charge on any atom is -0.477 e. The molecule has 0 aromatic rings. The zero-order chi connectivity index (χ0) is 15.5. The first-order valence-electron chi connectivity index (χ1n) is 6.44. The normalized spacial score (nSPS) is 37.4. The quantitative estimate of drug-likeness (QED) is 0.391. The Bertz CT molecular complexity index is 335. The molecule has 118 valence electrons. The molecule has 0 aromatic heterocycles. The molecule has 0 aliphatic carbocycles. The van der Waals surface area contributed by atoms with Crippen LogP contribution >= 0.6 is 0 Å². The molecule has 8 heteroatoms. The lowest BCUT2D eigenvalue weighted by atomic mass is 9.82. The van der Waals surface area contributed by atoms with Crippen molar-refractivity contribution in [3.05, 3.63) is 0 Å². The summed E-state index contributed by atoms with van der Waals surface area (Å²) in [5, 5.41) is 47.7. The van der Waals surface area contributed by atoms with Crippen LogP contribution in [0.2, 0.25) is 0 Å². The number of rotatable bonds is 6. The van der Waals surface area contributed by atoms with Crippen LogP contribution in [0.4, 0.5) is 0 Å². The van der Waals surface area contributed by atoms with Gasteiger partial charge in [-0.25, -0.2) is 4.79 Å². The number of aliphatic hydroxyl groups is 4. The van der Waals surface area contributed by atoms with Gasteiger partial charge in [0.1, 0.15) is 12.2 Å². The molecule has 0 amide bonds. The fourth-order valence-electron chi connectivity index (χ4n) is 2.51. The number of methoxy groups -OCH3 is 1. The van der Waals surface area contributed by atoms with Gasteiger partial charge in [-0.15, -0.1) is 0 Å². The lowest BCUT2D eigenvalue weighted by Gasteiger charge is -2.45. The van der Waals surface area contributed by atoms with Crippen molar-refractivity contribution < 1.29 is 39.8 Å². The van der Waals surface area contributed by atoms with E-state index in [9.17, 15) is 25.2 Å². The molecule has 0 bridgehead atoms. The van der Waals surface area contributed by atoms with Gasteiger partial charge in [0, 0.05) is 19.4 Å². The van der Waals surface area contributed by atoms with E-state index >= 15 is 0 Å². The summed E-state index contributed by atoms with van der Waals surface area (Å²) in [5.41, 5.74) is 0. The van der Waals surface area contributed by atoms with E-state index in [0.29, 0.717) is 6.42 Å². The highest BCUT2D eigenvalue weighted by molar-refractivity contribution is 5.76. The molecule has 1 heterocycles.